The molecule has 0 aliphatic carbocycles. The van der Waals surface area contributed by atoms with Crippen LogP contribution in [0.3, 0.4) is 0 Å². The zero-order valence-corrected chi connectivity index (χ0v) is 13.1. The van der Waals surface area contributed by atoms with Crippen LogP contribution in [0, 0.1) is 13.8 Å². The molecule has 0 unspecified atom stereocenters. The topological polar surface area (TPSA) is 63.1 Å². The molecule has 0 spiro atoms. The van der Waals surface area contributed by atoms with Gasteiger partial charge in [0.25, 0.3) is 0 Å². The van der Waals surface area contributed by atoms with Gasteiger partial charge in [0.2, 0.25) is 0 Å². The predicted molar refractivity (Wildman–Crippen MR) is 84.4 cm³/mol. The van der Waals surface area contributed by atoms with Crippen LogP contribution in [0.2, 0.25) is 0 Å². The fourth-order valence-electron chi connectivity index (χ4n) is 2.10. The van der Waals surface area contributed by atoms with Gasteiger partial charge in [-0.2, -0.15) is 0 Å². The second kappa shape index (κ2) is 5.46. The van der Waals surface area contributed by atoms with Gasteiger partial charge < -0.3 is 5.11 Å². The molecule has 0 bridgehead atoms. The average molecular weight is 316 g/mol. The van der Waals surface area contributed by atoms with Gasteiger partial charge >= 0.3 is 5.97 Å². The second-order valence-electron chi connectivity index (χ2n) is 4.59. The average Bonchev–Trinajstić information content (AvgIpc) is 2.80. The molecule has 3 rings (SSSR count). The normalized spacial score (nSPS) is 11.0. The molecule has 0 saturated heterocycles. The molecule has 2 heterocycles. The second-order valence-corrected chi connectivity index (χ2v) is 6.62. The van der Waals surface area contributed by atoms with Gasteiger partial charge in [-0.25, -0.2) is 14.8 Å². The Kier molecular flexibility index (Phi) is 3.65. The summed E-state index contributed by atoms with van der Waals surface area (Å²) in [4.78, 5) is 22.0. The summed E-state index contributed by atoms with van der Waals surface area (Å²) in [7, 11) is 0. The van der Waals surface area contributed by atoms with Gasteiger partial charge in [-0.1, -0.05) is 30.0 Å². The molecular weight excluding hydrogens is 304 g/mol. The van der Waals surface area contributed by atoms with Crippen LogP contribution < -0.4 is 0 Å². The minimum Gasteiger partial charge on any atom is -0.477 e. The number of carbonyl (C=O) groups is 1. The summed E-state index contributed by atoms with van der Waals surface area (Å²) < 4.78 is 0. The molecule has 3 aromatic rings. The third-order valence-electron chi connectivity index (χ3n) is 3.19. The third-order valence-corrected chi connectivity index (χ3v) is 5.56. The number of rotatable bonds is 3. The van der Waals surface area contributed by atoms with Crippen molar-refractivity contribution in [1.82, 2.24) is 9.97 Å². The van der Waals surface area contributed by atoms with Crippen molar-refractivity contribution in [2.24, 2.45) is 0 Å². The third kappa shape index (κ3) is 2.52. The van der Waals surface area contributed by atoms with Crippen molar-refractivity contribution in [3.05, 3.63) is 46.6 Å². The number of thiophene rings is 1. The maximum Gasteiger partial charge on any atom is 0.346 e. The molecule has 21 heavy (non-hydrogen) atoms. The largest absolute Gasteiger partial charge is 0.477 e. The van der Waals surface area contributed by atoms with Crippen LogP contribution in [0.25, 0.3) is 10.2 Å². The van der Waals surface area contributed by atoms with Crippen molar-refractivity contribution >= 4 is 39.3 Å². The Hall–Kier alpha value is -1.92. The van der Waals surface area contributed by atoms with E-state index in [2.05, 4.69) is 9.97 Å². The van der Waals surface area contributed by atoms with Crippen LogP contribution in [-0.2, 0) is 0 Å². The molecule has 0 aliphatic heterocycles. The molecule has 6 heteroatoms. The highest BCUT2D eigenvalue weighted by molar-refractivity contribution is 7.99. The molecule has 0 aliphatic rings. The molecule has 0 saturated carbocycles. The maximum atomic E-state index is 11.3. The number of aryl methyl sites for hydroxylation is 2. The van der Waals surface area contributed by atoms with Gasteiger partial charge in [-0.05, 0) is 31.0 Å². The van der Waals surface area contributed by atoms with E-state index in [1.807, 2.05) is 38.1 Å². The van der Waals surface area contributed by atoms with E-state index in [0.717, 1.165) is 25.7 Å². The SMILES string of the molecule is Cc1ccccc1Sc1ncnc2sc(C(=O)O)c(C)c12. The maximum absolute atomic E-state index is 11.3. The van der Waals surface area contributed by atoms with E-state index in [9.17, 15) is 9.90 Å². The number of carboxylic acid groups (broad SMARTS) is 1. The lowest BCUT2D eigenvalue weighted by Gasteiger charge is -2.05. The number of benzene rings is 1. The van der Waals surface area contributed by atoms with Gasteiger partial charge in [0, 0.05) is 10.3 Å². The van der Waals surface area contributed by atoms with E-state index < -0.39 is 5.97 Å². The highest BCUT2D eigenvalue weighted by Gasteiger charge is 2.19. The number of hydrogen-bond donors (Lipinski definition) is 1. The van der Waals surface area contributed by atoms with Crippen molar-refractivity contribution < 1.29 is 9.90 Å². The van der Waals surface area contributed by atoms with Crippen LogP contribution in [0.1, 0.15) is 20.8 Å². The van der Waals surface area contributed by atoms with Crippen molar-refractivity contribution in [3.63, 3.8) is 0 Å². The lowest BCUT2D eigenvalue weighted by Crippen LogP contribution is -1.94. The summed E-state index contributed by atoms with van der Waals surface area (Å²) in [5.41, 5.74) is 1.90. The molecule has 0 fully saturated rings. The summed E-state index contributed by atoms with van der Waals surface area (Å²) in [5.74, 6) is -0.914. The fraction of sp³-hybridized carbons (Fsp3) is 0.133. The van der Waals surface area contributed by atoms with Gasteiger partial charge in [0.15, 0.2) is 0 Å². The first-order valence-electron chi connectivity index (χ1n) is 6.29. The smallest absolute Gasteiger partial charge is 0.346 e. The number of nitrogens with zero attached hydrogens (tertiary/aromatic N) is 2. The van der Waals surface area contributed by atoms with Crippen LogP contribution in [-0.4, -0.2) is 21.0 Å². The highest BCUT2D eigenvalue weighted by Crippen LogP contribution is 2.38. The summed E-state index contributed by atoms with van der Waals surface area (Å²) >= 11 is 2.74. The Morgan fingerprint density at radius 1 is 1.24 bits per heavy atom. The number of aromatic nitrogens is 2. The minimum absolute atomic E-state index is 0.331. The molecular formula is C15H12N2O2S2. The highest BCUT2D eigenvalue weighted by atomic mass is 32.2. The molecule has 0 radical (unpaired) electrons. The summed E-state index contributed by atoms with van der Waals surface area (Å²) in [5, 5.41) is 10.9. The van der Waals surface area contributed by atoms with E-state index in [-0.39, 0.29) is 0 Å². The molecule has 2 aromatic heterocycles. The molecule has 4 nitrogen and oxygen atoms in total. The van der Waals surface area contributed by atoms with Crippen molar-refractivity contribution in [2.45, 2.75) is 23.8 Å². The zero-order valence-electron chi connectivity index (χ0n) is 11.5. The first-order chi connectivity index (χ1) is 10.1. The fourth-order valence-corrected chi connectivity index (χ4v) is 4.18. The Morgan fingerprint density at radius 3 is 2.71 bits per heavy atom. The summed E-state index contributed by atoms with van der Waals surface area (Å²) in [6, 6.07) is 8.06. The number of fused-ring (bicyclic) bond motifs is 1. The summed E-state index contributed by atoms with van der Waals surface area (Å²) in [6.45, 7) is 3.86. The van der Waals surface area contributed by atoms with E-state index in [4.69, 9.17) is 0 Å². The van der Waals surface area contributed by atoms with Crippen molar-refractivity contribution in [1.29, 1.82) is 0 Å². The van der Waals surface area contributed by atoms with E-state index in [1.54, 1.807) is 11.8 Å². The first kappa shape index (κ1) is 14.0. The number of hydrogen-bond acceptors (Lipinski definition) is 5. The number of aromatic carboxylic acids is 1. The van der Waals surface area contributed by atoms with Crippen molar-refractivity contribution in [3.8, 4) is 0 Å². The Balaban J connectivity index is 2.15. The van der Waals surface area contributed by atoms with E-state index >= 15 is 0 Å². The first-order valence-corrected chi connectivity index (χ1v) is 7.92. The van der Waals surface area contributed by atoms with Gasteiger partial charge in [-0.3, -0.25) is 0 Å². The van der Waals surface area contributed by atoms with Crippen LogP contribution in [0.4, 0.5) is 0 Å². The standard InChI is InChI=1S/C15H12N2O2S2/c1-8-5-3-4-6-10(8)20-13-11-9(2)12(15(18)19)21-14(11)17-7-16-13/h3-7H,1-2H3,(H,18,19). The molecule has 1 N–H and O–H groups in total. The molecule has 0 amide bonds. The van der Waals surface area contributed by atoms with Crippen molar-refractivity contribution in [2.75, 3.05) is 0 Å². The van der Waals surface area contributed by atoms with Gasteiger partial charge in [-0.15, -0.1) is 11.3 Å². The minimum atomic E-state index is -0.914. The molecule has 1 aromatic carbocycles. The van der Waals surface area contributed by atoms with E-state index in [1.165, 1.54) is 23.2 Å². The molecule has 106 valence electrons. The quantitative estimate of drug-likeness (QED) is 0.735. The van der Waals surface area contributed by atoms with E-state index in [0.29, 0.717) is 4.88 Å². The Labute approximate surface area is 129 Å². The van der Waals surface area contributed by atoms with Gasteiger partial charge in [0.05, 0.1) is 0 Å². The van der Waals surface area contributed by atoms with Crippen LogP contribution in [0.5, 0.6) is 0 Å². The van der Waals surface area contributed by atoms with Gasteiger partial charge in [0.1, 0.15) is 21.1 Å². The number of carboxylic acids is 1. The lowest BCUT2D eigenvalue weighted by atomic mass is 10.2. The zero-order chi connectivity index (χ0) is 15.0. The molecule has 0 atom stereocenters. The van der Waals surface area contributed by atoms with Crippen LogP contribution in [0.15, 0.2) is 40.5 Å². The Morgan fingerprint density at radius 2 is 2.00 bits per heavy atom. The Bertz CT molecular complexity index is 843. The summed E-state index contributed by atoms with van der Waals surface area (Å²) in [6.07, 6.45) is 1.49. The monoisotopic (exact) mass is 316 g/mol. The van der Waals surface area contributed by atoms with Crippen LogP contribution >= 0.6 is 23.1 Å². The lowest BCUT2D eigenvalue weighted by molar-refractivity contribution is 0.0701. The predicted octanol–water partition coefficient (Wildman–Crippen LogP) is 4.16.